The van der Waals surface area contributed by atoms with Gasteiger partial charge in [-0.1, -0.05) is 47.0 Å². The van der Waals surface area contributed by atoms with Crippen LogP contribution in [0.2, 0.25) is 15.1 Å². The van der Waals surface area contributed by atoms with Gasteiger partial charge in [-0.15, -0.1) is 0 Å². The molecule has 1 saturated heterocycles. The molecule has 0 aromatic heterocycles. The molecule has 3 aliphatic rings. The Hall–Kier alpha value is -2.67. The Morgan fingerprint density at radius 2 is 1.42 bits per heavy atom. The molecule has 0 N–H and O–H groups in total. The van der Waals surface area contributed by atoms with Crippen LogP contribution >= 0.6 is 34.8 Å². The standard InChI is InChI=1S/C24H17Cl3N2O4/c25-16-6-3-12(4-7-16)19(30)11-28(22(31)15-5-8-17(26)18(27)10-15)29-23(32)20-13-1-2-14(9-13)21(20)24(29)33/h1-8,10,13-14,20-21H,9,11H2/t13-,14+,20-,21+. The number of hydrogen-bond acceptors (Lipinski definition) is 4. The zero-order chi connectivity index (χ0) is 23.4. The molecule has 3 amide bonds. The van der Waals surface area contributed by atoms with Gasteiger partial charge in [-0.25, -0.2) is 5.01 Å². The van der Waals surface area contributed by atoms with Gasteiger partial charge in [0, 0.05) is 16.1 Å². The molecule has 1 heterocycles. The van der Waals surface area contributed by atoms with Crippen LogP contribution in [-0.2, 0) is 9.59 Å². The lowest BCUT2D eigenvalue weighted by molar-refractivity contribution is -0.154. The second-order valence-corrected chi connectivity index (χ2v) is 9.66. The summed E-state index contributed by atoms with van der Waals surface area (Å²) in [7, 11) is 0. The third-order valence-electron chi connectivity index (χ3n) is 6.55. The summed E-state index contributed by atoms with van der Waals surface area (Å²) in [5, 5.41) is 2.64. The average Bonchev–Trinajstić information content (AvgIpc) is 3.48. The fourth-order valence-corrected chi connectivity index (χ4v) is 5.42. The Morgan fingerprint density at radius 1 is 0.848 bits per heavy atom. The number of nitrogens with zero attached hydrogens (tertiary/aromatic N) is 2. The number of carbonyl (C=O) groups excluding carboxylic acids is 4. The summed E-state index contributed by atoms with van der Waals surface area (Å²) < 4.78 is 0. The van der Waals surface area contributed by atoms with Crippen molar-refractivity contribution in [3.05, 3.63) is 80.8 Å². The molecule has 0 unspecified atom stereocenters. The average molecular weight is 504 g/mol. The van der Waals surface area contributed by atoms with E-state index in [9.17, 15) is 19.2 Å². The van der Waals surface area contributed by atoms with Gasteiger partial charge in [0.15, 0.2) is 5.78 Å². The number of ketones is 1. The predicted octanol–water partition coefficient (Wildman–Crippen LogP) is 4.69. The predicted molar refractivity (Wildman–Crippen MR) is 123 cm³/mol. The number of hydrazine groups is 1. The van der Waals surface area contributed by atoms with Crippen LogP contribution < -0.4 is 0 Å². The first-order valence-corrected chi connectivity index (χ1v) is 11.5. The molecule has 33 heavy (non-hydrogen) atoms. The molecule has 2 bridgehead atoms. The lowest BCUT2D eigenvalue weighted by Crippen LogP contribution is -2.52. The first-order valence-electron chi connectivity index (χ1n) is 10.4. The van der Waals surface area contributed by atoms with Crippen molar-refractivity contribution in [3.8, 4) is 0 Å². The van der Waals surface area contributed by atoms with E-state index in [2.05, 4.69) is 0 Å². The number of halogens is 3. The molecule has 0 spiro atoms. The van der Waals surface area contributed by atoms with E-state index in [1.165, 1.54) is 30.3 Å². The van der Waals surface area contributed by atoms with Crippen LogP contribution in [0.5, 0.6) is 0 Å². The largest absolute Gasteiger partial charge is 0.292 e. The molecule has 6 nitrogen and oxygen atoms in total. The van der Waals surface area contributed by atoms with Gasteiger partial charge < -0.3 is 0 Å². The molecule has 168 valence electrons. The zero-order valence-electron chi connectivity index (χ0n) is 17.1. The number of amides is 3. The smallest absolute Gasteiger partial charge is 0.273 e. The highest BCUT2D eigenvalue weighted by atomic mass is 35.5. The van der Waals surface area contributed by atoms with E-state index in [-0.39, 0.29) is 27.4 Å². The van der Waals surface area contributed by atoms with Crippen LogP contribution in [0, 0.1) is 23.7 Å². The van der Waals surface area contributed by atoms with Gasteiger partial charge in [0.2, 0.25) is 0 Å². The van der Waals surface area contributed by atoms with E-state index >= 15 is 0 Å². The molecule has 5 rings (SSSR count). The Kier molecular flexibility index (Phi) is 5.55. The minimum atomic E-state index is -0.696. The van der Waals surface area contributed by atoms with Crippen molar-refractivity contribution in [2.45, 2.75) is 6.42 Å². The van der Waals surface area contributed by atoms with Crippen LogP contribution in [0.25, 0.3) is 0 Å². The number of hydrogen-bond donors (Lipinski definition) is 0. The van der Waals surface area contributed by atoms with Crippen LogP contribution in [0.15, 0.2) is 54.6 Å². The topological polar surface area (TPSA) is 74.8 Å². The molecule has 4 atom stereocenters. The first-order chi connectivity index (χ1) is 15.8. The second kappa shape index (κ2) is 8.28. The Labute approximate surface area is 204 Å². The molecular weight excluding hydrogens is 487 g/mol. The van der Waals surface area contributed by atoms with Crippen LogP contribution in [-0.4, -0.2) is 40.1 Å². The van der Waals surface area contributed by atoms with Crippen molar-refractivity contribution in [2.75, 3.05) is 6.54 Å². The third-order valence-corrected chi connectivity index (χ3v) is 7.54. The number of allylic oxidation sites excluding steroid dienone is 2. The van der Waals surface area contributed by atoms with Crippen molar-refractivity contribution in [1.29, 1.82) is 0 Å². The number of benzene rings is 2. The van der Waals surface area contributed by atoms with E-state index in [0.29, 0.717) is 10.6 Å². The third kappa shape index (κ3) is 3.66. The summed E-state index contributed by atoms with van der Waals surface area (Å²) in [5.74, 6) is -3.15. The normalized spacial score (nSPS) is 25.0. The van der Waals surface area contributed by atoms with E-state index in [4.69, 9.17) is 34.8 Å². The number of fused-ring (bicyclic) bond motifs is 5. The fraction of sp³-hybridized carbons (Fsp3) is 0.250. The van der Waals surface area contributed by atoms with Gasteiger partial charge in [-0.3, -0.25) is 19.2 Å². The Morgan fingerprint density at radius 3 is 2.00 bits per heavy atom. The second-order valence-electron chi connectivity index (χ2n) is 8.41. The van der Waals surface area contributed by atoms with Gasteiger partial charge in [-0.05, 0) is 60.7 Å². The van der Waals surface area contributed by atoms with Gasteiger partial charge in [0.25, 0.3) is 17.7 Å². The summed E-state index contributed by atoms with van der Waals surface area (Å²) in [5.41, 5.74) is 0.402. The number of imide groups is 1. The number of carbonyl (C=O) groups is 4. The molecule has 2 aromatic carbocycles. The van der Waals surface area contributed by atoms with Crippen LogP contribution in [0.3, 0.4) is 0 Å². The highest BCUT2D eigenvalue weighted by Gasteiger charge is 2.61. The van der Waals surface area contributed by atoms with Crippen molar-refractivity contribution >= 4 is 58.3 Å². The summed E-state index contributed by atoms with van der Waals surface area (Å²) in [4.78, 5) is 53.2. The SMILES string of the molecule is O=C(CN(C(=O)c1ccc(Cl)c(Cl)c1)N1C(=O)[C@@H]2[C@H](C1=O)[C@@H]1C=C[C@H]2C1)c1ccc(Cl)cc1. The van der Waals surface area contributed by atoms with Crippen LogP contribution in [0.4, 0.5) is 0 Å². The minimum absolute atomic E-state index is 0.0321. The summed E-state index contributed by atoms with van der Waals surface area (Å²) in [6.07, 6.45) is 4.68. The van der Waals surface area contributed by atoms with E-state index in [0.717, 1.165) is 16.4 Å². The molecular formula is C24H17Cl3N2O4. The number of rotatable bonds is 5. The zero-order valence-corrected chi connectivity index (χ0v) is 19.3. The minimum Gasteiger partial charge on any atom is -0.292 e. The molecule has 2 fully saturated rings. The number of Topliss-reactive ketones (excluding diaryl/α,β-unsaturated/α-hetero) is 1. The summed E-state index contributed by atoms with van der Waals surface area (Å²) in [6, 6.07) is 10.4. The van der Waals surface area contributed by atoms with Crippen molar-refractivity contribution < 1.29 is 19.2 Å². The van der Waals surface area contributed by atoms with E-state index in [1.807, 2.05) is 12.2 Å². The quantitative estimate of drug-likeness (QED) is 0.337. The molecule has 1 saturated carbocycles. The van der Waals surface area contributed by atoms with Gasteiger partial charge >= 0.3 is 0 Å². The van der Waals surface area contributed by atoms with Gasteiger partial charge in [0.05, 0.1) is 21.9 Å². The van der Waals surface area contributed by atoms with Crippen molar-refractivity contribution in [1.82, 2.24) is 10.0 Å². The lowest BCUT2D eigenvalue weighted by Gasteiger charge is -2.31. The fourth-order valence-electron chi connectivity index (χ4n) is 5.00. The summed E-state index contributed by atoms with van der Waals surface area (Å²) >= 11 is 18.0. The van der Waals surface area contributed by atoms with Gasteiger partial charge in [-0.2, -0.15) is 5.01 Å². The summed E-state index contributed by atoms with van der Waals surface area (Å²) in [6.45, 7) is -0.500. The Bertz CT molecular complexity index is 1200. The van der Waals surface area contributed by atoms with Gasteiger partial charge in [0.1, 0.15) is 6.54 Å². The highest BCUT2D eigenvalue weighted by Crippen LogP contribution is 2.52. The maximum atomic E-state index is 13.5. The van der Waals surface area contributed by atoms with Crippen LogP contribution in [0.1, 0.15) is 27.1 Å². The van der Waals surface area contributed by atoms with E-state index in [1.54, 1.807) is 12.1 Å². The Balaban J connectivity index is 1.51. The van der Waals surface area contributed by atoms with Crippen molar-refractivity contribution in [3.63, 3.8) is 0 Å². The molecule has 9 heteroatoms. The lowest BCUT2D eigenvalue weighted by atomic mass is 9.85. The monoisotopic (exact) mass is 502 g/mol. The highest BCUT2D eigenvalue weighted by molar-refractivity contribution is 6.42. The van der Waals surface area contributed by atoms with E-state index < -0.39 is 41.9 Å². The maximum absolute atomic E-state index is 13.5. The molecule has 2 aliphatic carbocycles. The van der Waals surface area contributed by atoms with Crippen molar-refractivity contribution in [2.24, 2.45) is 23.7 Å². The first kappa shape index (κ1) is 22.1. The molecule has 0 radical (unpaired) electrons. The molecule has 2 aromatic rings. The molecule has 1 aliphatic heterocycles. The maximum Gasteiger partial charge on any atom is 0.273 e.